The van der Waals surface area contributed by atoms with Crippen molar-refractivity contribution in [2.45, 2.75) is 0 Å². The smallest absolute Gasteiger partial charge is 0.290 e. The van der Waals surface area contributed by atoms with Gasteiger partial charge in [-0.15, -0.1) is 0 Å². The van der Waals surface area contributed by atoms with Gasteiger partial charge >= 0.3 is 0 Å². The van der Waals surface area contributed by atoms with Gasteiger partial charge in [0.15, 0.2) is 0 Å². The molecular weight excluding hydrogens is 357 g/mol. The van der Waals surface area contributed by atoms with Crippen LogP contribution in [0.5, 0.6) is 11.5 Å². The van der Waals surface area contributed by atoms with E-state index in [4.69, 9.17) is 27.9 Å². The van der Waals surface area contributed by atoms with Gasteiger partial charge in [0.05, 0.1) is 4.91 Å². The molecule has 7 heteroatoms. The SMILES string of the molecule is O=C1NC(=O)/C(=C\c2cccc(Oc3cc(Cl)cc(Cl)c3)c2)S1. The predicted octanol–water partition coefficient (Wildman–Crippen LogP) is 5.11. The average Bonchev–Trinajstić information content (AvgIpc) is 2.76. The molecular formula is C16H9Cl2NO3S. The van der Waals surface area contributed by atoms with Crippen LogP contribution in [0.4, 0.5) is 4.79 Å². The zero-order valence-corrected chi connectivity index (χ0v) is 13.8. The largest absolute Gasteiger partial charge is 0.457 e. The number of halogens is 2. The number of hydrogen-bond donors (Lipinski definition) is 1. The maximum absolute atomic E-state index is 11.6. The molecule has 0 spiro atoms. The fourth-order valence-corrected chi connectivity index (χ4v) is 3.15. The minimum absolute atomic E-state index is 0.345. The van der Waals surface area contributed by atoms with E-state index < -0.39 is 5.91 Å². The molecule has 23 heavy (non-hydrogen) atoms. The van der Waals surface area contributed by atoms with Crippen molar-refractivity contribution in [3.05, 3.63) is 63.0 Å². The summed E-state index contributed by atoms with van der Waals surface area (Å²) in [5, 5.41) is 2.79. The Labute approximate surface area is 146 Å². The summed E-state index contributed by atoms with van der Waals surface area (Å²) in [5.74, 6) is 0.677. The molecule has 0 unspecified atom stereocenters. The van der Waals surface area contributed by atoms with Gasteiger partial charge in [0.1, 0.15) is 11.5 Å². The predicted molar refractivity (Wildman–Crippen MR) is 92.1 cm³/mol. The molecule has 2 aromatic rings. The number of hydrogen-bond acceptors (Lipinski definition) is 4. The van der Waals surface area contributed by atoms with E-state index in [1.807, 2.05) is 0 Å². The molecule has 1 fully saturated rings. The van der Waals surface area contributed by atoms with Gasteiger partial charge in [-0.1, -0.05) is 35.3 Å². The number of nitrogens with one attached hydrogen (secondary N) is 1. The second-order valence-corrected chi connectivity index (χ2v) is 6.52. The molecule has 1 N–H and O–H groups in total. The molecule has 1 aliphatic heterocycles. The number of carbonyl (C=O) groups is 2. The van der Waals surface area contributed by atoms with Crippen LogP contribution in [-0.2, 0) is 4.79 Å². The standard InChI is InChI=1S/C16H9Cl2NO3S/c17-10-6-11(18)8-13(7-10)22-12-3-1-2-9(4-12)5-14-15(20)19-16(21)23-14/h1-8H,(H,19,20,21)/b14-5+. The van der Waals surface area contributed by atoms with Crippen molar-refractivity contribution >= 4 is 52.2 Å². The number of rotatable bonds is 3. The molecule has 0 aliphatic carbocycles. The van der Waals surface area contributed by atoms with E-state index in [2.05, 4.69) is 5.32 Å². The van der Waals surface area contributed by atoms with Crippen LogP contribution in [0.2, 0.25) is 10.0 Å². The second kappa shape index (κ2) is 6.66. The monoisotopic (exact) mass is 365 g/mol. The summed E-state index contributed by atoms with van der Waals surface area (Å²) in [7, 11) is 0. The third-order valence-electron chi connectivity index (χ3n) is 2.87. The highest BCUT2D eigenvalue weighted by Gasteiger charge is 2.24. The number of benzene rings is 2. The second-order valence-electron chi connectivity index (χ2n) is 4.63. The highest BCUT2D eigenvalue weighted by molar-refractivity contribution is 8.18. The minimum atomic E-state index is -0.395. The van der Waals surface area contributed by atoms with E-state index in [-0.39, 0.29) is 5.24 Å². The molecule has 0 atom stereocenters. The Balaban J connectivity index is 1.84. The van der Waals surface area contributed by atoms with Gasteiger partial charge in [-0.2, -0.15) is 0 Å². The quantitative estimate of drug-likeness (QED) is 0.767. The van der Waals surface area contributed by atoms with E-state index in [1.165, 1.54) is 0 Å². The van der Waals surface area contributed by atoms with Crippen molar-refractivity contribution in [3.8, 4) is 11.5 Å². The zero-order chi connectivity index (χ0) is 16.4. The molecule has 1 saturated heterocycles. The maximum Gasteiger partial charge on any atom is 0.290 e. The molecule has 1 heterocycles. The highest BCUT2D eigenvalue weighted by atomic mass is 35.5. The Kier molecular flexibility index (Phi) is 4.61. The highest BCUT2D eigenvalue weighted by Crippen LogP contribution is 2.30. The van der Waals surface area contributed by atoms with Gasteiger partial charge in [0.2, 0.25) is 0 Å². The van der Waals surface area contributed by atoms with Crippen LogP contribution in [0.25, 0.3) is 6.08 Å². The maximum atomic E-state index is 11.6. The molecule has 2 amide bonds. The van der Waals surface area contributed by atoms with Crippen LogP contribution in [0.15, 0.2) is 47.4 Å². The summed E-state index contributed by atoms with van der Waals surface area (Å²) in [6, 6.07) is 12.0. The van der Waals surface area contributed by atoms with Crippen LogP contribution >= 0.6 is 35.0 Å². The fourth-order valence-electron chi connectivity index (χ4n) is 1.96. The Bertz CT molecular complexity index is 816. The lowest BCUT2D eigenvalue weighted by atomic mass is 10.2. The Hall–Kier alpha value is -1.95. The summed E-state index contributed by atoms with van der Waals surface area (Å²) in [6.45, 7) is 0. The third-order valence-corrected chi connectivity index (χ3v) is 4.12. The Morgan fingerprint density at radius 1 is 1.00 bits per heavy atom. The third kappa shape index (κ3) is 4.07. The van der Waals surface area contributed by atoms with Crippen molar-refractivity contribution in [2.75, 3.05) is 0 Å². The molecule has 0 aromatic heterocycles. The van der Waals surface area contributed by atoms with Crippen LogP contribution in [0.1, 0.15) is 5.56 Å². The molecule has 1 aliphatic rings. The molecule has 116 valence electrons. The number of ether oxygens (including phenoxy) is 1. The lowest BCUT2D eigenvalue weighted by molar-refractivity contribution is -0.115. The Morgan fingerprint density at radius 3 is 2.39 bits per heavy atom. The molecule has 3 rings (SSSR count). The first-order valence-electron chi connectivity index (χ1n) is 6.48. The van der Waals surface area contributed by atoms with Gasteiger partial charge in [0, 0.05) is 10.0 Å². The average molecular weight is 366 g/mol. The van der Waals surface area contributed by atoms with Crippen molar-refractivity contribution in [3.63, 3.8) is 0 Å². The summed E-state index contributed by atoms with van der Waals surface area (Å²) in [6.07, 6.45) is 1.63. The number of thioether (sulfide) groups is 1. The lowest BCUT2D eigenvalue weighted by Gasteiger charge is -2.07. The molecule has 0 saturated carbocycles. The minimum Gasteiger partial charge on any atom is -0.457 e. The first kappa shape index (κ1) is 15.9. The van der Waals surface area contributed by atoms with Crippen molar-refractivity contribution in [1.82, 2.24) is 5.32 Å². The first-order chi connectivity index (χ1) is 11.0. The molecule has 0 bridgehead atoms. The summed E-state index contributed by atoms with van der Waals surface area (Å²) in [5.41, 5.74) is 0.739. The van der Waals surface area contributed by atoms with Crippen LogP contribution in [0.3, 0.4) is 0 Å². The fraction of sp³-hybridized carbons (Fsp3) is 0. The van der Waals surface area contributed by atoms with Crippen LogP contribution in [0, 0.1) is 0 Å². The molecule has 0 radical (unpaired) electrons. The van der Waals surface area contributed by atoms with Gasteiger partial charge in [-0.05, 0) is 53.7 Å². The topological polar surface area (TPSA) is 55.4 Å². The van der Waals surface area contributed by atoms with Crippen LogP contribution < -0.4 is 10.1 Å². The van der Waals surface area contributed by atoms with E-state index in [0.717, 1.165) is 17.3 Å². The summed E-state index contributed by atoms with van der Waals surface area (Å²) >= 11 is 12.7. The van der Waals surface area contributed by atoms with Gasteiger partial charge in [-0.3, -0.25) is 14.9 Å². The summed E-state index contributed by atoms with van der Waals surface area (Å²) in [4.78, 5) is 23.1. The van der Waals surface area contributed by atoms with Gasteiger partial charge in [0.25, 0.3) is 11.1 Å². The van der Waals surface area contributed by atoms with E-state index in [0.29, 0.717) is 26.4 Å². The molecule has 4 nitrogen and oxygen atoms in total. The zero-order valence-electron chi connectivity index (χ0n) is 11.5. The van der Waals surface area contributed by atoms with E-state index in [1.54, 1.807) is 48.5 Å². The van der Waals surface area contributed by atoms with Gasteiger partial charge in [-0.25, -0.2) is 0 Å². The van der Waals surface area contributed by atoms with Crippen molar-refractivity contribution < 1.29 is 14.3 Å². The van der Waals surface area contributed by atoms with E-state index in [9.17, 15) is 9.59 Å². The lowest BCUT2D eigenvalue weighted by Crippen LogP contribution is -2.17. The van der Waals surface area contributed by atoms with E-state index >= 15 is 0 Å². The summed E-state index contributed by atoms with van der Waals surface area (Å²) < 4.78 is 5.72. The Morgan fingerprint density at radius 2 is 1.74 bits per heavy atom. The van der Waals surface area contributed by atoms with Crippen molar-refractivity contribution in [2.24, 2.45) is 0 Å². The van der Waals surface area contributed by atoms with Crippen LogP contribution in [-0.4, -0.2) is 11.1 Å². The number of carbonyl (C=O) groups excluding carboxylic acids is 2. The van der Waals surface area contributed by atoms with Crippen molar-refractivity contribution in [1.29, 1.82) is 0 Å². The van der Waals surface area contributed by atoms with Gasteiger partial charge < -0.3 is 4.74 Å². The number of imide groups is 1. The first-order valence-corrected chi connectivity index (χ1v) is 8.06. The molecule has 2 aromatic carbocycles. The normalized spacial score (nSPS) is 15.8. The number of amides is 2.